The van der Waals surface area contributed by atoms with Gasteiger partial charge in [0.15, 0.2) is 11.5 Å². The largest absolute Gasteiger partial charge is 0.504 e. The molecule has 1 heterocycles. The van der Waals surface area contributed by atoms with E-state index in [1.807, 2.05) is 32.0 Å². The lowest BCUT2D eigenvalue weighted by atomic mass is 9.96. The van der Waals surface area contributed by atoms with E-state index in [-0.39, 0.29) is 11.7 Å². The zero-order chi connectivity index (χ0) is 25.7. The fourth-order valence-electron chi connectivity index (χ4n) is 4.83. The Morgan fingerprint density at radius 3 is 2.53 bits per heavy atom. The second-order valence-corrected chi connectivity index (χ2v) is 10.5. The summed E-state index contributed by atoms with van der Waals surface area (Å²) in [4.78, 5) is 19.7. The Balaban J connectivity index is 1.74. The summed E-state index contributed by atoms with van der Waals surface area (Å²) < 4.78 is 5.36. The normalized spacial score (nSPS) is 13.6. The molecule has 1 aliphatic carbocycles. The number of benzene rings is 2. The number of nitrogens with one attached hydrogen (secondary N) is 1. The fraction of sp³-hybridized carbons (Fsp3) is 0.333. The number of anilines is 1. The Labute approximate surface area is 217 Å². The maximum Gasteiger partial charge on any atom is 0.259 e. The number of carbonyl (C=O) groups is 1. The van der Waals surface area contributed by atoms with E-state index in [0.29, 0.717) is 17.7 Å². The van der Waals surface area contributed by atoms with Crippen molar-refractivity contribution in [2.24, 2.45) is 4.99 Å². The Bertz CT molecular complexity index is 1290. The zero-order valence-electron chi connectivity index (χ0n) is 21.3. The van der Waals surface area contributed by atoms with Crippen molar-refractivity contribution in [2.45, 2.75) is 58.8 Å². The number of ether oxygens (including phenoxy) is 1. The standard InChI is InChI=1S/C30H34N2O3S/c1-5-10-22-16-21(17-25(35-4)28(22)33)18-31-30-27(24-11-8-6-7-9-12-26(24)36-30)29(34)32-23-14-19(2)13-20(3)15-23/h5,13-18,33H,1,6-12H2,2-4H3,(H,32,34). The monoisotopic (exact) mass is 502 g/mol. The predicted octanol–water partition coefficient (Wildman–Crippen LogP) is 7.47. The van der Waals surface area contributed by atoms with Crippen LogP contribution in [0.3, 0.4) is 0 Å². The number of methoxy groups -OCH3 is 1. The maximum absolute atomic E-state index is 13.6. The van der Waals surface area contributed by atoms with Crippen molar-refractivity contribution < 1.29 is 14.6 Å². The molecule has 0 unspecified atom stereocenters. The molecule has 0 fully saturated rings. The molecule has 1 aromatic heterocycles. The molecule has 5 nitrogen and oxygen atoms in total. The highest BCUT2D eigenvalue weighted by Gasteiger charge is 2.24. The molecule has 2 N–H and O–H groups in total. The molecule has 6 heteroatoms. The number of hydrogen-bond acceptors (Lipinski definition) is 5. The van der Waals surface area contributed by atoms with Crippen LogP contribution in [0.1, 0.15) is 68.7 Å². The Morgan fingerprint density at radius 1 is 1.11 bits per heavy atom. The topological polar surface area (TPSA) is 70.9 Å². The summed E-state index contributed by atoms with van der Waals surface area (Å²) in [5, 5.41) is 14.3. The molecule has 36 heavy (non-hydrogen) atoms. The number of amides is 1. The van der Waals surface area contributed by atoms with Crippen molar-refractivity contribution in [3.05, 3.63) is 81.2 Å². The van der Waals surface area contributed by atoms with Crippen molar-refractivity contribution in [3.63, 3.8) is 0 Å². The molecular formula is C30H34N2O3S. The first-order valence-corrected chi connectivity index (χ1v) is 13.3. The van der Waals surface area contributed by atoms with Gasteiger partial charge in [-0.25, -0.2) is 4.99 Å². The van der Waals surface area contributed by atoms with Gasteiger partial charge in [0, 0.05) is 22.3 Å². The molecule has 0 radical (unpaired) electrons. The number of fused-ring (bicyclic) bond motifs is 1. The Morgan fingerprint density at radius 2 is 1.83 bits per heavy atom. The van der Waals surface area contributed by atoms with Gasteiger partial charge in [-0.15, -0.1) is 17.9 Å². The van der Waals surface area contributed by atoms with E-state index in [4.69, 9.17) is 9.73 Å². The van der Waals surface area contributed by atoms with Crippen molar-refractivity contribution in [1.29, 1.82) is 0 Å². The van der Waals surface area contributed by atoms with Crippen LogP contribution in [0.15, 0.2) is 48.0 Å². The van der Waals surface area contributed by atoms with Crippen LogP contribution in [-0.2, 0) is 19.3 Å². The van der Waals surface area contributed by atoms with Gasteiger partial charge in [-0.3, -0.25) is 4.79 Å². The van der Waals surface area contributed by atoms with Gasteiger partial charge < -0.3 is 15.2 Å². The number of thiophene rings is 1. The van der Waals surface area contributed by atoms with Crippen molar-refractivity contribution in [1.82, 2.24) is 0 Å². The summed E-state index contributed by atoms with van der Waals surface area (Å²) in [6, 6.07) is 9.71. The third-order valence-electron chi connectivity index (χ3n) is 6.45. The number of aryl methyl sites for hydroxylation is 3. The van der Waals surface area contributed by atoms with Crippen LogP contribution < -0.4 is 10.1 Å². The van der Waals surface area contributed by atoms with Crippen molar-refractivity contribution in [3.8, 4) is 11.5 Å². The Hall–Kier alpha value is -3.38. The number of nitrogens with zero attached hydrogens (tertiary/aromatic N) is 1. The van der Waals surface area contributed by atoms with Crippen molar-refractivity contribution >= 4 is 34.1 Å². The first-order chi connectivity index (χ1) is 17.4. The van der Waals surface area contributed by atoms with Crippen LogP contribution in [0.25, 0.3) is 0 Å². The summed E-state index contributed by atoms with van der Waals surface area (Å²) in [6.07, 6.45) is 10.5. The maximum atomic E-state index is 13.6. The average Bonchev–Trinajstić information content (AvgIpc) is 3.15. The lowest BCUT2D eigenvalue weighted by Crippen LogP contribution is -2.14. The van der Waals surface area contributed by atoms with Gasteiger partial charge in [-0.05, 0) is 92.5 Å². The molecule has 2 aromatic carbocycles. The molecule has 0 atom stereocenters. The van der Waals surface area contributed by atoms with E-state index < -0.39 is 0 Å². The highest BCUT2D eigenvalue weighted by atomic mass is 32.1. The van der Waals surface area contributed by atoms with Gasteiger partial charge in [-0.2, -0.15) is 0 Å². The van der Waals surface area contributed by atoms with Gasteiger partial charge in [0.1, 0.15) is 5.00 Å². The van der Waals surface area contributed by atoms with Crippen LogP contribution in [0, 0.1) is 13.8 Å². The Kier molecular flexibility index (Phi) is 8.26. The number of hydrogen-bond donors (Lipinski definition) is 2. The second kappa shape index (κ2) is 11.6. The summed E-state index contributed by atoms with van der Waals surface area (Å²) in [7, 11) is 1.53. The van der Waals surface area contributed by atoms with Crippen LogP contribution in [0.4, 0.5) is 10.7 Å². The zero-order valence-corrected chi connectivity index (χ0v) is 22.1. The van der Waals surface area contributed by atoms with E-state index in [0.717, 1.165) is 64.2 Å². The highest BCUT2D eigenvalue weighted by Crippen LogP contribution is 2.40. The smallest absolute Gasteiger partial charge is 0.259 e. The van der Waals surface area contributed by atoms with Crippen LogP contribution in [0.2, 0.25) is 0 Å². The third kappa shape index (κ3) is 5.88. The number of phenolic OH excluding ortho intramolecular Hbond substituents is 1. The van der Waals surface area contributed by atoms with E-state index in [2.05, 4.69) is 18.0 Å². The SMILES string of the molecule is C=CCc1cc(C=Nc2sc3c(c2C(=O)Nc2cc(C)cc(C)c2)CCCCCC3)cc(OC)c1O. The molecule has 1 aliphatic rings. The summed E-state index contributed by atoms with van der Waals surface area (Å²) in [5.41, 5.74) is 6.37. The van der Waals surface area contributed by atoms with E-state index >= 15 is 0 Å². The molecule has 0 aliphatic heterocycles. The molecule has 3 aromatic rings. The minimum Gasteiger partial charge on any atom is -0.504 e. The third-order valence-corrected chi connectivity index (χ3v) is 7.65. The van der Waals surface area contributed by atoms with E-state index in [9.17, 15) is 9.90 Å². The van der Waals surface area contributed by atoms with Crippen LogP contribution in [-0.4, -0.2) is 24.3 Å². The predicted molar refractivity (Wildman–Crippen MR) is 150 cm³/mol. The average molecular weight is 503 g/mol. The first kappa shape index (κ1) is 25.7. The minimum absolute atomic E-state index is 0.110. The number of phenols is 1. The number of aliphatic imine (C=N–C) groups is 1. The molecule has 1 amide bonds. The molecule has 0 saturated heterocycles. The van der Waals surface area contributed by atoms with Gasteiger partial charge in [0.05, 0.1) is 12.7 Å². The number of allylic oxidation sites excluding steroid dienone is 1. The number of rotatable bonds is 7. The van der Waals surface area contributed by atoms with Gasteiger partial charge in [0.25, 0.3) is 5.91 Å². The molecule has 0 saturated carbocycles. The summed E-state index contributed by atoms with van der Waals surface area (Å²) >= 11 is 1.62. The second-order valence-electron chi connectivity index (χ2n) is 9.41. The van der Waals surface area contributed by atoms with E-state index in [1.165, 1.54) is 24.8 Å². The van der Waals surface area contributed by atoms with Crippen molar-refractivity contribution in [2.75, 3.05) is 12.4 Å². The van der Waals surface area contributed by atoms with Gasteiger partial charge >= 0.3 is 0 Å². The molecule has 0 spiro atoms. The minimum atomic E-state index is -0.110. The first-order valence-electron chi connectivity index (χ1n) is 12.5. The van der Waals surface area contributed by atoms with Crippen LogP contribution >= 0.6 is 11.3 Å². The molecule has 4 rings (SSSR count). The van der Waals surface area contributed by atoms with E-state index in [1.54, 1.807) is 29.7 Å². The van der Waals surface area contributed by atoms with Crippen LogP contribution in [0.5, 0.6) is 11.5 Å². The lowest BCUT2D eigenvalue weighted by molar-refractivity contribution is 0.102. The molecule has 188 valence electrons. The quantitative estimate of drug-likeness (QED) is 0.260. The number of aromatic hydroxyl groups is 1. The highest BCUT2D eigenvalue weighted by molar-refractivity contribution is 7.16. The van der Waals surface area contributed by atoms with Gasteiger partial charge in [-0.1, -0.05) is 25.0 Å². The fourth-order valence-corrected chi connectivity index (χ4v) is 6.06. The van der Waals surface area contributed by atoms with Gasteiger partial charge in [0.2, 0.25) is 0 Å². The molecule has 0 bridgehead atoms. The lowest BCUT2D eigenvalue weighted by Gasteiger charge is -2.12. The summed E-state index contributed by atoms with van der Waals surface area (Å²) in [5.74, 6) is 0.394. The summed E-state index contributed by atoms with van der Waals surface area (Å²) in [6.45, 7) is 7.84. The number of carbonyl (C=O) groups excluding carboxylic acids is 1. The molecular weight excluding hydrogens is 468 g/mol.